The number of hydrogen-bond donors (Lipinski definition) is 0. The fraction of sp³-hybridized carbons (Fsp3) is 0.591. The first-order chi connectivity index (χ1) is 14.0. The number of thioether (sulfide) groups is 1. The van der Waals surface area contributed by atoms with Crippen molar-refractivity contribution in [3.8, 4) is 0 Å². The van der Waals surface area contributed by atoms with Crippen molar-refractivity contribution < 1.29 is 9.53 Å². The molecule has 2 fully saturated rings. The van der Waals surface area contributed by atoms with Crippen LogP contribution in [0, 0.1) is 0 Å². The van der Waals surface area contributed by atoms with E-state index in [0.717, 1.165) is 32.3 Å². The lowest BCUT2D eigenvalue weighted by molar-refractivity contribution is -0.134. The van der Waals surface area contributed by atoms with Crippen LogP contribution in [-0.4, -0.2) is 50.9 Å². The molecule has 1 amide bonds. The molecule has 3 unspecified atom stereocenters. The minimum Gasteiger partial charge on any atom is -0.376 e. The van der Waals surface area contributed by atoms with Crippen LogP contribution in [0.2, 0.25) is 0 Å². The summed E-state index contributed by atoms with van der Waals surface area (Å²) < 4.78 is 7.46. The lowest BCUT2D eigenvalue weighted by Gasteiger charge is -2.39. The molecule has 2 aliphatic heterocycles. The Morgan fingerprint density at radius 3 is 2.66 bits per heavy atom. The molecule has 2 saturated heterocycles. The number of hydrogen-bond acceptors (Lipinski definition) is 5. The molecular formula is C22H29N3O3S. The van der Waals surface area contributed by atoms with Crippen LogP contribution in [0.25, 0.3) is 10.9 Å². The minimum absolute atomic E-state index is 0.0350. The van der Waals surface area contributed by atoms with E-state index in [0.29, 0.717) is 28.4 Å². The number of para-hydroxylation sites is 1. The number of ether oxygens (including phenoxy) is 1. The number of amides is 1. The maximum atomic E-state index is 13.1. The SMILES string of the molecule is CC1CCCC(C)N1C(=O)CSc1nc2ccccc2c(=O)n1CC1CCCO1. The molecule has 156 valence electrons. The summed E-state index contributed by atoms with van der Waals surface area (Å²) in [4.78, 5) is 32.9. The number of piperidine rings is 1. The molecule has 3 heterocycles. The quantitative estimate of drug-likeness (QED) is 0.553. The van der Waals surface area contributed by atoms with Crippen molar-refractivity contribution in [1.29, 1.82) is 0 Å². The van der Waals surface area contributed by atoms with E-state index in [9.17, 15) is 9.59 Å². The van der Waals surface area contributed by atoms with Crippen molar-refractivity contribution in [3.05, 3.63) is 34.6 Å². The van der Waals surface area contributed by atoms with Crippen molar-refractivity contribution in [2.45, 2.75) is 75.8 Å². The van der Waals surface area contributed by atoms with Gasteiger partial charge in [-0.15, -0.1) is 0 Å². The van der Waals surface area contributed by atoms with Crippen LogP contribution < -0.4 is 5.56 Å². The Hall–Kier alpha value is -1.86. The first-order valence-corrected chi connectivity index (χ1v) is 11.6. The van der Waals surface area contributed by atoms with Crippen molar-refractivity contribution >= 4 is 28.6 Å². The zero-order valence-corrected chi connectivity index (χ0v) is 18.0. The Labute approximate surface area is 175 Å². The van der Waals surface area contributed by atoms with Crippen LogP contribution >= 0.6 is 11.8 Å². The van der Waals surface area contributed by atoms with Gasteiger partial charge in [-0.05, 0) is 58.1 Å². The fourth-order valence-corrected chi connectivity index (χ4v) is 5.40. The van der Waals surface area contributed by atoms with E-state index in [1.165, 1.54) is 18.2 Å². The van der Waals surface area contributed by atoms with E-state index >= 15 is 0 Å². The van der Waals surface area contributed by atoms with Gasteiger partial charge < -0.3 is 9.64 Å². The van der Waals surface area contributed by atoms with Crippen LogP contribution in [-0.2, 0) is 16.1 Å². The van der Waals surface area contributed by atoms with Crippen LogP contribution in [0.4, 0.5) is 0 Å². The molecule has 0 spiro atoms. The lowest BCUT2D eigenvalue weighted by Crippen LogP contribution is -2.48. The third-order valence-corrected chi connectivity index (χ3v) is 7.00. The van der Waals surface area contributed by atoms with Gasteiger partial charge in [-0.1, -0.05) is 23.9 Å². The first kappa shape index (κ1) is 20.4. The van der Waals surface area contributed by atoms with Crippen molar-refractivity contribution in [1.82, 2.24) is 14.5 Å². The maximum absolute atomic E-state index is 13.1. The molecule has 29 heavy (non-hydrogen) atoms. The van der Waals surface area contributed by atoms with Gasteiger partial charge in [0.25, 0.3) is 5.56 Å². The highest BCUT2D eigenvalue weighted by molar-refractivity contribution is 7.99. The van der Waals surface area contributed by atoms with E-state index in [-0.39, 0.29) is 29.7 Å². The number of nitrogens with zero attached hydrogens (tertiary/aromatic N) is 3. The zero-order valence-electron chi connectivity index (χ0n) is 17.2. The second-order valence-corrected chi connectivity index (χ2v) is 9.12. The van der Waals surface area contributed by atoms with E-state index in [2.05, 4.69) is 13.8 Å². The molecule has 1 aromatic carbocycles. The Kier molecular flexibility index (Phi) is 6.25. The van der Waals surface area contributed by atoms with E-state index in [1.54, 1.807) is 4.57 Å². The molecule has 2 aromatic rings. The standard InChI is InChI=1S/C22H29N3O3S/c1-15-7-5-8-16(2)25(15)20(26)14-29-22-23-19-11-4-3-10-18(19)21(27)24(22)13-17-9-6-12-28-17/h3-4,10-11,15-17H,5-9,12-14H2,1-2H3. The molecule has 7 heteroatoms. The molecule has 0 N–H and O–H groups in total. The second-order valence-electron chi connectivity index (χ2n) is 8.18. The number of aromatic nitrogens is 2. The van der Waals surface area contributed by atoms with Crippen molar-refractivity contribution in [2.75, 3.05) is 12.4 Å². The molecule has 6 nitrogen and oxygen atoms in total. The predicted octanol–water partition coefficient (Wildman–Crippen LogP) is 3.46. The summed E-state index contributed by atoms with van der Waals surface area (Å²) >= 11 is 1.37. The average Bonchev–Trinajstić information content (AvgIpc) is 3.22. The van der Waals surface area contributed by atoms with Gasteiger partial charge in [-0.2, -0.15) is 0 Å². The zero-order chi connectivity index (χ0) is 20.4. The monoisotopic (exact) mass is 415 g/mol. The maximum Gasteiger partial charge on any atom is 0.262 e. The summed E-state index contributed by atoms with van der Waals surface area (Å²) in [5.74, 6) is 0.422. The molecule has 0 aliphatic carbocycles. The van der Waals surface area contributed by atoms with E-state index in [1.807, 2.05) is 29.2 Å². The first-order valence-electron chi connectivity index (χ1n) is 10.6. The summed E-state index contributed by atoms with van der Waals surface area (Å²) in [5, 5.41) is 1.22. The highest BCUT2D eigenvalue weighted by atomic mass is 32.2. The smallest absolute Gasteiger partial charge is 0.262 e. The van der Waals surface area contributed by atoms with Gasteiger partial charge in [0.2, 0.25) is 5.91 Å². The number of fused-ring (bicyclic) bond motifs is 1. The molecular weight excluding hydrogens is 386 g/mol. The van der Waals surface area contributed by atoms with E-state index in [4.69, 9.17) is 9.72 Å². The van der Waals surface area contributed by atoms with Gasteiger partial charge in [0.05, 0.1) is 29.3 Å². The Balaban J connectivity index is 1.59. The fourth-order valence-electron chi connectivity index (χ4n) is 4.52. The molecule has 2 aliphatic rings. The lowest BCUT2D eigenvalue weighted by atomic mass is 9.98. The molecule has 1 aromatic heterocycles. The van der Waals surface area contributed by atoms with Gasteiger partial charge in [-0.3, -0.25) is 14.2 Å². The van der Waals surface area contributed by atoms with Crippen molar-refractivity contribution in [2.24, 2.45) is 0 Å². The van der Waals surface area contributed by atoms with Crippen LogP contribution in [0.15, 0.2) is 34.2 Å². The summed E-state index contributed by atoms with van der Waals surface area (Å²) in [6, 6.07) is 7.95. The molecule has 0 radical (unpaired) electrons. The average molecular weight is 416 g/mol. The van der Waals surface area contributed by atoms with Gasteiger partial charge in [0.1, 0.15) is 0 Å². The van der Waals surface area contributed by atoms with Gasteiger partial charge in [0, 0.05) is 18.7 Å². The normalized spacial score (nSPS) is 24.9. The number of benzene rings is 1. The number of likely N-dealkylation sites (tertiary alicyclic amines) is 1. The summed E-state index contributed by atoms with van der Waals surface area (Å²) in [6.45, 7) is 5.48. The Bertz CT molecular complexity index is 929. The minimum atomic E-state index is -0.0549. The van der Waals surface area contributed by atoms with Crippen molar-refractivity contribution in [3.63, 3.8) is 0 Å². The highest BCUT2D eigenvalue weighted by Crippen LogP contribution is 2.26. The summed E-state index contributed by atoms with van der Waals surface area (Å²) in [5.41, 5.74) is 0.622. The molecule has 0 bridgehead atoms. The van der Waals surface area contributed by atoms with Gasteiger partial charge in [-0.25, -0.2) is 4.98 Å². The topological polar surface area (TPSA) is 64.4 Å². The number of rotatable bonds is 5. The second kappa shape index (κ2) is 8.88. The third kappa shape index (κ3) is 4.36. The predicted molar refractivity (Wildman–Crippen MR) is 115 cm³/mol. The highest BCUT2D eigenvalue weighted by Gasteiger charge is 2.29. The van der Waals surface area contributed by atoms with Gasteiger partial charge >= 0.3 is 0 Å². The molecule has 0 saturated carbocycles. The summed E-state index contributed by atoms with van der Waals surface area (Å²) in [7, 11) is 0. The summed E-state index contributed by atoms with van der Waals surface area (Å²) in [6.07, 6.45) is 5.29. The number of carbonyl (C=O) groups excluding carboxylic acids is 1. The van der Waals surface area contributed by atoms with Crippen LogP contribution in [0.1, 0.15) is 46.0 Å². The van der Waals surface area contributed by atoms with Gasteiger partial charge in [0.15, 0.2) is 5.16 Å². The Morgan fingerprint density at radius 2 is 1.93 bits per heavy atom. The van der Waals surface area contributed by atoms with Crippen LogP contribution in [0.5, 0.6) is 0 Å². The van der Waals surface area contributed by atoms with Crippen LogP contribution in [0.3, 0.4) is 0 Å². The third-order valence-electron chi connectivity index (χ3n) is 6.04. The van der Waals surface area contributed by atoms with E-state index < -0.39 is 0 Å². The molecule has 3 atom stereocenters. The largest absolute Gasteiger partial charge is 0.376 e. The molecule has 4 rings (SSSR count). The Morgan fingerprint density at radius 1 is 1.17 bits per heavy atom. The number of carbonyl (C=O) groups is 1.